The maximum atomic E-state index is 13.8. The first-order valence-corrected chi connectivity index (χ1v) is 12.6. The first kappa shape index (κ1) is 46.6. The molecule has 2 saturated carbocycles. The van der Waals surface area contributed by atoms with Crippen LogP contribution < -0.4 is 0 Å². The van der Waals surface area contributed by atoms with Crippen molar-refractivity contribution < 1.29 is 142 Å². The first-order chi connectivity index (χ1) is 24.4. The van der Waals surface area contributed by atoms with Crippen molar-refractivity contribution in [2.45, 2.75) is 70.4 Å². The Morgan fingerprint density at radius 2 is 0.304 bits per heavy atom. The van der Waals surface area contributed by atoms with Crippen LogP contribution in [0, 0.1) is 58.2 Å². The molecule has 0 unspecified atom stereocenters. The molecule has 2 aliphatic rings. The van der Waals surface area contributed by atoms with E-state index in [1.807, 2.05) is 0 Å². The van der Waals surface area contributed by atoms with Crippen molar-refractivity contribution in [2.24, 2.45) is 0 Å². The summed E-state index contributed by atoms with van der Waals surface area (Å²) < 4.78 is 402. The van der Waals surface area contributed by atoms with E-state index in [0.717, 1.165) is 0 Å². The van der Waals surface area contributed by atoms with E-state index in [1.54, 1.807) is 0 Å². The third-order valence-electron chi connectivity index (χ3n) is 8.12. The van der Waals surface area contributed by atoms with Gasteiger partial charge in [-0.1, -0.05) is 0 Å². The van der Waals surface area contributed by atoms with Gasteiger partial charge in [-0.3, -0.25) is 0 Å². The molecule has 2 aliphatic carbocycles. The van der Waals surface area contributed by atoms with Crippen LogP contribution in [-0.4, -0.2) is 69.4 Å². The summed E-state index contributed by atoms with van der Waals surface area (Å²) in [5, 5.41) is 18.5. The molecule has 2 aromatic carbocycles. The fourth-order valence-electron chi connectivity index (χ4n) is 4.96. The quantitative estimate of drug-likeness (QED) is 0.179. The van der Waals surface area contributed by atoms with Crippen LogP contribution in [0.3, 0.4) is 0 Å². The summed E-state index contributed by atoms with van der Waals surface area (Å²) in [5.41, 5.74) is -21.9. The molecule has 0 saturated heterocycles. The van der Waals surface area contributed by atoms with Gasteiger partial charge in [0.25, 0.3) is 0 Å². The highest BCUT2D eigenvalue weighted by Crippen LogP contribution is 2.73. The van der Waals surface area contributed by atoms with Crippen LogP contribution in [0.2, 0.25) is 0 Å². The Morgan fingerprint density at radius 3 is 0.446 bits per heavy atom. The van der Waals surface area contributed by atoms with E-state index in [1.165, 1.54) is 0 Å². The van der Waals surface area contributed by atoms with Crippen molar-refractivity contribution in [1.29, 1.82) is 0 Å². The summed E-state index contributed by atoms with van der Waals surface area (Å²) in [6.45, 7) is 0. The SMILES string of the molecule is OC1(c2c(F)c(F)c(F)c(F)c2F)C(F)(F)C(F)(F)C(F)(F)C(F)(F)C1(F)F.OC1(c2c(F)c(F)c(F)c(F)c2F)C(F)(F)C(F)(F)C(F)(F)C(F)(F)C1(F)F. The second kappa shape index (κ2) is 11.9. The predicted molar refractivity (Wildman–Crippen MR) is 110 cm³/mol. The largest absolute Gasteiger partial charge is 0.384 e. The van der Waals surface area contributed by atoms with Crippen LogP contribution >= 0.6 is 0 Å². The van der Waals surface area contributed by atoms with Gasteiger partial charge >= 0.3 is 59.2 Å². The average molecular weight is 892 g/mol. The molecule has 56 heavy (non-hydrogen) atoms. The number of hydrogen-bond donors (Lipinski definition) is 2. The summed E-state index contributed by atoms with van der Waals surface area (Å²) in [6, 6.07) is 0. The number of hydrogen-bond acceptors (Lipinski definition) is 2. The van der Waals surface area contributed by atoms with Gasteiger partial charge in [-0.05, 0) is 0 Å². The molecule has 0 atom stereocenters. The van der Waals surface area contributed by atoms with Gasteiger partial charge in [-0.25, -0.2) is 43.9 Å². The predicted octanol–water partition coefficient (Wildman–Crippen LogP) is 9.52. The molecule has 0 aromatic heterocycles. The van der Waals surface area contributed by atoms with E-state index >= 15 is 0 Å². The lowest BCUT2D eigenvalue weighted by atomic mass is 9.67. The lowest BCUT2D eigenvalue weighted by molar-refractivity contribution is -0.501. The summed E-state index contributed by atoms with van der Waals surface area (Å²) >= 11 is 0. The lowest BCUT2D eigenvalue weighted by Gasteiger charge is -2.53. The van der Waals surface area contributed by atoms with Crippen LogP contribution in [-0.2, 0) is 11.2 Å². The Morgan fingerprint density at radius 1 is 0.196 bits per heavy atom. The van der Waals surface area contributed by atoms with Gasteiger partial charge < -0.3 is 10.2 Å². The minimum absolute atomic E-state index is 3.24. The highest BCUT2D eigenvalue weighted by atomic mass is 19.4. The van der Waals surface area contributed by atoms with Crippen LogP contribution in [0.1, 0.15) is 11.1 Å². The van der Waals surface area contributed by atoms with E-state index in [-0.39, 0.29) is 0 Å². The third kappa shape index (κ3) is 4.52. The maximum Gasteiger partial charge on any atom is 0.384 e. The van der Waals surface area contributed by atoms with E-state index in [9.17, 15) is 142 Å². The Kier molecular flexibility index (Phi) is 9.92. The normalized spacial score (nSPS) is 26.1. The second-order valence-electron chi connectivity index (χ2n) is 11.1. The standard InChI is InChI=1S/2C12HF15O/c2*13-2-1(3(14)5(16)6(17)4(2)15)7(28)8(18,19)10(22,23)12(26,27)11(24,25)9(7,20)21/h2*28H. The first-order valence-electron chi connectivity index (χ1n) is 12.6. The molecule has 2 N–H and O–H groups in total. The Bertz CT molecular complexity index is 1710. The van der Waals surface area contributed by atoms with Gasteiger partial charge in [-0.2, -0.15) is 87.8 Å². The number of aliphatic hydroxyl groups is 2. The molecule has 2 nitrogen and oxygen atoms in total. The van der Waals surface area contributed by atoms with Crippen molar-refractivity contribution >= 4 is 0 Å². The van der Waals surface area contributed by atoms with E-state index in [0.29, 0.717) is 0 Å². The fraction of sp³-hybridized carbons (Fsp3) is 0.500. The van der Waals surface area contributed by atoms with Crippen LogP contribution in [0.4, 0.5) is 132 Å². The summed E-state index contributed by atoms with van der Waals surface area (Å²) in [5.74, 6) is -112. The summed E-state index contributed by atoms with van der Waals surface area (Å²) in [7, 11) is 0. The molecule has 0 aliphatic heterocycles. The van der Waals surface area contributed by atoms with Gasteiger partial charge in [0.2, 0.25) is 22.8 Å². The Balaban J connectivity index is 0.000000300. The zero-order valence-corrected chi connectivity index (χ0v) is 24.2. The topological polar surface area (TPSA) is 40.5 Å². The minimum Gasteiger partial charge on any atom is -0.373 e. The molecule has 0 heterocycles. The van der Waals surface area contributed by atoms with Crippen molar-refractivity contribution in [3.63, 3.8) is 0 Å². The zero-order valence-electron chi connectivity index (χ0n) is 24.2. The third-order valence-corrected chi connectivity index (χ3v) is 8.12. The van der Waals surface area contributed by atoms with Crippen LogP contribution in [0.25, 0.3) is 0 Å². The van der Waals surface area contributed by atoms with E-state index in [4.69, 9.17) is 0 Å². The molecule has 0 spiro atoms. The van der Waals surface area contributed by atoms with Gasteiger partial charge in [0, 0.05) is 0 Å². The molecular weight excluding hydrogens is 890 g/mol. The second-order valence-corrected chi connectivity index (χ2v) is 11.1. The fourth-order valence-corrected chi connectivity index (χ4v) is 4.96. The number of benzene rings is 2. The van der Waals surface area contributed by atoms with Crippen LogP contribution in [0.15, 0.2) is 0 Å². The van der Waals surface area contributed by atoms with Crippen LogP contribution in [0.5, 0.6) is 0 Å². The monoisotopic (exact) mass is 892 g/mol. The summed E-state index contributed by atoms with van der Waals surface area (Å²) in [4.78, 5) is 0. The van der Waals surface area contributed by atoms with Gasteiger partial charge in [0.15, 0.2) is 46.5 Å². The average Bonchev–Trinajstić information content (AvgIpc) is 3.06. The van der Waals surface area contributed by atoms with Crippen molar-refractivity contribution in [1.82, 2.24) is 0 Å². The smallest absolute Gasteiger partial charge is 0.373 e. The molecule has 32 heteroatoms. The minimum atomic E-state index is -7.65. The molecule has 0 bridgehead atoms. The van der Waals surface area contributed by atoms with Crippen molar-refractivity contribution in [3.05, 3.63) is 69.3 Å². The highest BCUT2D eigenvalue weighted by Gasteiger charge is 3.02. The molecule has 2 aromatic rings. The molecular formula is C24H2F30O2. The molecule has 4 rings (SSSR count). The zero-order chi connectivity index (χ0) is 44.9. The lowest BCUT2D eigenvalue weighted by Crippen LogP contribution is -2.83. The van der Waals surface area contributed by atoms with Crippen molar-refractivity contribution in [2.75, 3.05) is 0 Å². The summed E-state index contributed by atoms with van der Waals surface area (Å²) in [6.07, 6.45) is 0. The Hall–Kier alpha value is -3.74. The Labute approximate surface area is 282 Å². The van der Waals surface area contributed by atoms with Gasteiger partial charge in [-0.15, -0.1) is 0 Å². The molecule has 2 fully saturated rings. The maximum absolute atomic E-state index is 13.8. The van der Waals surface area contributed by atoms with Crippen molar-refractivity contribution in [3.8, 4) is 0 Å². The van der Waals surface area contributed by atoms with E-state index in [2.05, 4.69) is 0 Å². The van der Waals surface area contributed by atoms with Gasteiger partial charge in [0.1, 0.15) is 0 Å². The highest BCUT2D eigenvalue weighted by molar-refractivity contribution is 5.41. The molecule has 320 valence electrons. The number of halogens is 30. The van der Waals surface area contributed by atoms with Gasteiger partial charge in [0.05, 0.1) is 11.1 Å². The number of alkyl halides is 20. The van der Waals surface area contributed by atoms with E-state index < -0.39 is 140 Å². The number of rotatable bonds is 2. The molecule has 0 amide bonds. The molecule has 0 radical (unpaired) electrons.